The standard InChI is InChI=1S/C24H23ClFN3O3S/c1-32-17-7-5-15(6-8-17)13-27-22(30)20-14-33-23(28-20)16-9-11-29(12-10-16)24(31)21-18(25)3-2-4-19(21)26/h2-8,14,16H,9-13H2,1H3,(H,27,30). The molecule has 2 amide bonds. The maximum absolute atomic E-state index is 14.1. The first-order valence-corrected chi connectivity index (χ1v) is 11.8. The number of aromatic nitrogens is 1. The summed E-state index contributed by atoms with van der Waals surface area (Å²) in [6, 6.07) is 11.7. The van der Waals surface area contributed by atoms with Crippen molar-refractivity contribution < 1.29 is 18.7 Å². The van der Waals surface area contributed by atoms with Crippen LogP contribution in [0.15, 0.2) is 47.8 Å². The number of thiazole rings is 1. The van der Waals surface area contributed by atoms with E-state index in [9.17, 15) is 14.0 Å². The van der Waals surface area contributed by atoms with Crippen LogP contribution in [0, 0.1) is 5.82 Å². The Morgan fingerprint density at radius 2 is 1.94 bits per heavy atom. The molecule has 0 bridgehead atoms. The normalized spacial score (nSPS) is 14.2. The fourth-order valence-electron chi connectivity index (χ4n) is 3.79. The van der Waals surface area contributed by atoms with Crippen molar-refractivity contribution in [2.24, 2.45) is 0 Å². The number of likely N-dealkylation sites (tertiary alicyclic amines) is 1. The number of methoxy groups -OCH3 is 1. The molecule has 0 radical (unpaired) electrons. The number of piperidine rings is 1. The second-order valence-corrected chi connectivity index (χ2v) is 9.06. The number of hydrogen-bond acceptors (Lipinski definition) is 5. The first-order valence-electron chi connectivity index (χ1n) is 10.6. The second kappa shape index (κ2) is 10.3. The maximum atomic E-state index is 14.1. The number of nitrogens with one attached hydrogen (secondary N) is 1. The van der Waals surface area contributed by atoms with Gasteiger partial charge in [0.2, 0.25) is 0 Å². The van der Waals surface area contributed by atoms with Crippen molar-refractivity contribution in [3.8, 4) is 5.75 Å². The summed E-state index contributed by atoms with van der Waals surface area (Å²) in [6.45, 7) is 1.36. The van der Waals surface area contributed by atoms with E-state index in [1.165, 1.54) is 29.5 Å². The summed E-state index contributed by atoms with van der Waals surface area (Å²) < 4.78 is 19.2. The Labute approximate surface area is 200 Å². The minimum atomic E-state index is -0.611. The summed E-state index contributed by atoms with van der Waals surface area (Å²) in [5, 5.41) is 5.64. The zero-order chi connectivity index (χ0) is 23.4. The van der Waals surface area contributed by atoms with E-state index >= 15 is 0 Å². The molecular weight excluding hydrogens is 465 g/mol. The summed E-state index contributed by atoms with van der Waals surface area (Å²) in [5.41, 5.74) is 1.27. The maximum Gasteiger partial charge on any atom is 0.271 e. The van der Waals surface area contributed by atoms with Crippen LogP contribution in [0.3, 0.4) is 0 Å². The van der Waals surface area contributed by atoms with Crippen molar-refractivity contribution >= 4 is 34.8 Å². The Kier molecular flexibility index (Phi) is 7.25. The van der Waals surface area contributed by atoms with Crippen LogP contribution in [-0.2, 0) is 6.54 Å². The Hall–Kier alpha value is -2.97. The quantitative estimate of drug-likeness (QED) is 0.537. The predicted molar refractivity (Wildman–Crippen MR) is 126 cm³/mol. The largest absolute Gasteiger partial charge is 0.497 e. The van der Waals surface area contributed by atoms with Gasteiger partial charge < -0.3 is 15.0 Å². The zero-order valence-corrected chi connectivity index (χ0v) is 19.6. The summed E-state index contributed by atoms with van der Waals surface area (Å²) in [7, 11) is 1.61. The van der Waals surface area contributed by atoms with Gasteiger partial charge in [-0.2, -0.15) is 0 Å². The van der Waals surface area contributed by atoms with Crippen LogP contribution in [0.1, 0.15) is 50.2 Å². The van der Waals surface area contributed by atoms with Gasteiger partial charge >= 0.3 is 0 Å². The van der Waals surface area contributed by atoms with E-state index in [0.29, 0.717) is 38.2 Å². The molecule has 0 atom stereocenters. The molecule has 0 unspecified atom stereocenters. The van der Waals surface area contributed by atoms with Crippen molar-refractivity contribution in [2.75, 3.05) is 20.2 Å². The van der Waals surface area contributed by atoms with Gasteiger partial charge in [0.05, 0.1) is 22.7 Å². The van der Waals surface area contributed by atoms with Crippen molar-refractivity contribution in [2.45, 2.75) is 25.3 Å². The van der Waals surface area contributed by atoms with Gasteiger partial charge in [0.1, 0.15) is 17.3 Å². The van der Waals surface area contributed by atoms with Crippen LogP contribution in [0.2, 0.25) is 5.02 Å². The summed E-state index contributed by atoms with van der Waals surface area (Å²) in [5.74, 6) is -0.318. The number of halogens is 2. The molecule has 6 nitrogen and oxygen atoms in total. The van der Waals surface area contributed by atoms with Crippen LogP contribution in [0.4, 0.5) is 4.39 Å². The molecule has 1 aromatic heterocycles. The first kappa shape index (κ1) is 23.2. The van der Waals surface area contributed by atoms with Gasteiger partial charge in [0, 0.05) is 30.9 Å². The lowest BCUT2D eigenvalue weighted by Crippen LogP contribution is -2.38. The molecular formula is C24H23ClFN3O3S. The van der Waals surface area contributed by atoms with E-state index in [-0.39, 0.29) is 22.4 Å². The zero-order valence-electron chi connectivity index (χ0n) is 18.0. The molecule has 1 saturated heterocycles. The van der Waals surface area contributed by atoms with Crippen LogP contribution >= 0.6 is 22.9 Å². The fraction of sp³-hybridized carbons (Fsp3) is 0.292. The molecule has 0 saturated carbocycles. The Bertz CT molecular complexity index is 1120. The van der Waals surface area contributed by atoms with Crippen molar-refractivity contribution in [3.63, 3.8) is 0 Å². The number of carbonyl (C=O) groups is 2. The summed E-state index contributed by atoms with van der Waals surface area (Å²) >= 11 is 7.49. The molecule has 3 aromatic rings. The topological polar surface area (TPSA) is 71.5 Å². The van der Waals surface area contributed by atoms with Crippen LogP contribution in [0.5, 0.6) is 5.75 Å². The number of amides is 2. The number of nitrogens with zero attached hydrogens (tertiary/aromatic N) is 2. The van der Waals surface area contributed by atoms with Gasteiger partial charge in [0.15, 0.2) is 0 Å². The lowest BCUT2D eigenvalue weighted by atomic mass is 9.97. The number of rotatable bonds is 6. The molecule has 9 heteroatoms. The van der Waals surface area contributed by atoms with Crippen LogP contribution in [-0.4, -0.2) is 41.9 Å². The third-order valence-corrected chi connectivity index (χ3v) is 7.00. The van der Waals surface area contributed by atoms with Gasteiger partial charge in [-0.25, -0.2) is 9.37 Å². The van der Waals surface area contributed by atoms with Gasteiger partial charge in [0.25, 0.3) is 11.8 Å². The van der Waals surface area contributed by atoms with E-state index in [1.807, 2.05) is 24.3 Å². The van der Waals surface area contributed by atoms with E-state index < -0.39 is 11.7 Å². The molecule has 1 aliphatic rings. The van der Waals surface area contributed by atoms with E-state index in [4.69, 9.17) is 16.3 Å². The smallest absolute Gasteiger partial charge is 0.271 e. The third-order valence-electron chi connectivity index (χ3n) is 5.67. The molecule has 1 fully saturated rings. The molecule has 0 spiro atoms. The average Bonchev–Trinajstić information content (AvgIpc) is 3.33. The lowest BCUT2D eigenvalue weighted by molar-refractivity contribution is 0.0708. The molecule has 0 aliphatic carbocycles. The highest BCUT2D eigenvalue weighted by Crippen LogP contribution is 2.32. The summed E-state index contributed by atoms with van der Waals surface area (Å²) in [4.78, 5) is 31.4. The highest BCUT2D eigenvalue weighted by Gasteiger charge is 2.29. The third kappa shape index (κ3) is 5.34. The highest BCUT2D eigenvalue weighted by atomic mass is 35.5. The molecule has 33 heavy (non-hydrogen) atoms. The Morgan fingerprint density at radius 3 is 2.61 bits per heavy atom. The van der Waals surface area contributed by atoms with Crippen molar-refractivity contribution in [1.82, 2.24) is 15.2 Å². The SMILES string of the molecule is COc1ccc(CNC(=O)c2csc(C3CCN(C(=O)c4c(F)cccc4Cl)CC3)n2)cc1. The molecule has 2 heterocycles. The van der Waals surface area contributed by atoms with Gasteiger partial charge in [-0.3, -0.25) is 9.59 Å². The molecule has 1 aliphatic heterocycles. The minimum absolute atomic E-state index is 0.0808. The van der Waals surface area contributed by atoms with Crippen molar-refractivity contribution in [3.05, 3.63) is 80.5 Å². The number of carbonyl (C=O) groups excluding carboxylic acids is 2. The number of hydrogen-bond donors (Lipinski definition) is 1. The fourth-order valence-corrected chi connectivity index (χ4v) is 5.00. The average molecular weight is 488 g/mol. The predicted octanol–water partition coefficient (Wildman–Crippen LogP) is 4.89. The van der Waals surface area contributed by atoms with E-state index in [1.54, 1.807) is 17.4 Å². The monoisotopic (exact) mass is 487 g/mol. The summed E-state index contributed by atoms with van der Waals surface area (Å²) in [6.07, 6.45) is 1.39. The highest BCUT2D eigenvalue weighted by molar-refractivity contribution is 7.09. The second-order valence-electron chi connectivity index (χ2n) is 7.76. The van der Waals surface area contributed by atoms with Gasteiger partial charge in [-0.1, -0.05) is 29.8 Å². The van der Waals surface area contributed by atoms with Crippen LogP contribution in [0.25, 0.3) is 0 Å². The van der Waals surface area contributed by atoms with E-state index in [0.717, 1.165) is 16.3 Å². The van der Waals surface area contributed by atoms with E-state index in [2.05, 4.69) is 10.3 Å². The van der Waals surface area contributed by atoms with Crippen LogP contribution < -0.4 is 10.1 Å². The van der Waals surface area contributed by atoms with Crippen molar-refractivity contribution in [1.29, 1.82) is 0 Å². The minimum Gasteiger partial charge on any atom is -0.497 e. The molecule has 2 aromatic carbocycles. The molecule has 1 N–H and O–H groups in total. The molecule has 4 rings (SSSR count). The Balaban J connectivity index is 1.32. The first-order chi connectivity index (χ1) is 16.0. The number of benzene rings is 2. The van der Waals surface area contributed by atoms with Gasteiger partial charge in [-0.15, -0.1) is 11.3 Å². The number of ether oxygens (including phenoxy) is 1. The van der Waals surface area contributed by atoms with Gasteiger partial charge in [-0.05, 0) is 42.7 Å². The molecule has 172 valence electrons. The Morgan fingerprint density at radius 1 is 1.21 bits per heavy atom. The lowest BCUT2D eigenvalue weighted by Gasteiger charge is -2.31.